The maximum absolute atomic E-state index is 13.8. The Bertz CT molecular complexity index is 525. The van der Waals surface area contributed by atoms with Gasteiger partial charge in [0.1, 0.15) is 0 Å². The number of nitrogens with one attached hydrogen (secondary N) is 1. The monoisotopic (exact) mass is 251 g/mol. The van der Waals surface area contributed by atoms with Crippen LogP contribution in [0.2, 0.25) is 0 Å². The minimum absolute atomic E-state index is 0.0849. The van der Waals surface area contributed by atoms with Crippen LogP contribution in [0.3, 0.4) is 0 Å². The Balaban J connectivity index is 2.64. The molecule has 1 aromatic carbocycles. The number of rotatable bonds is 2. The van der Waals surface area contributed by atoms with Crippen molar-refractivity contribution in [2.45, 2.75) is 26.2 Å². The van der Waals surface area contributed by atoms with E-state index >= 15 is 0 Å². The van der Waals surface area contributed by atoms with Crippen LogP contribution in [-0.2, 0) is 11.2 Å². The third-order valence-electron chi connectivity index (χ3n) is 2.96. The number of ketones is 1. The van der Waals surface area contributed by atoms with E-state index in [1.165, 1.54) is 14.0 Å². The van der Waals surface area contributed by atoms with Crippen LogP contribution in [-0.4, -0.2) is 18.8 Å². The van der Waals surface area contributed by atoms with Crippen molar-refractivity contribution in [1.82, 2.24) is 0 Å². The first-order valence-corrected chi connectivity index (χ1v) is 5.74. The smallest absolute Gasteiger partial charge is 0.221 e. The van der Waals surface area contributed by atoms with Gasteiger partial charge in [-0.25, -0.2) is 4.39 Å². The van der Waals surface area contributed by atoms with Gasteiger partial charge < -0.3 is 10.1 Å². The van der Waals surface area contributed by atoms with Gasteiger partial charge in [-0.2, -0.15) is 0 Å². The summed E-state index contributed by atoms with van der Waals surface area (Å²) in [4.78, 5) is 23.0. The molecule has 0 aliphatic heterocycles. The van der Waals surface area contributed by atoms with E-state index in [2.05, 4.69) is 5.32 Å². The van der Waals surface area contributed by atoms with Crippen LogP contribution in [0.5, 0.6) is 5.75 Å². The molecule has 18 heavy (non-hydrogen) atoms. The highest BCUT2D eigenvalue weighted by Gasteiger charge is 2.27. The third-order valence-corrected chi connectivity index (χ3v) is 2.96. The standard InChI is InChI=1S/C13H14FNO3/c1-7(16)15-10-6-9(14)13(18-2)8-4-3-5-11(17)12(8)10/h6H,3-5H2,1-2H3,(H,15,16). The van der Waals surface area contributed by atoms with E-state index in [1.807, 2.05) is 0 Å². The van der Waals surface area contributed by atoms with Gasteiger partial charge in [-0.15, -0.1) is 0 Å². The molecule has 1 aliphatic carbocycles. The normalized spacial score (nSPS) is 14.1. The lowest BCUT2D eigenvalue weighted by Crippen LogP contribution is -2.18. The molecule has 1 N–H and O–H groups in total. The average molecular weight is 251 g/mol. The van der Waals surface area contributed by atoms with Gasteiger partial charge in [0.15, 0.2) is 17.3 Å². The number of hydrogen-bond donors (Lipinski definition) is 1. The molecule has 2 rings (SSSR count). The first-order chi connectivity index (χ1) is 8.54. The molecule has 0 heterocycles. The first-order valence-electron chi connectivity index (χ1n) is 5.74. The van der Waals surface area contributed by atoms with E-state index in [9.17, 15) is 14.0 Å². The fourth-order valence-electron chi connectivity index (χ4n) is 2.30. The number of benzene rings is 1. The maximum atomic E-state index is 13.8. The number of fused-ring (bicyclic) bond motifs is 1. The Morgan fingerprint density at radius 2 is 2.17 bits per heavy atom. The molecular formula is C13H14FNO3. The van der Waals surface area contributed by atoms with Crippen molar-refractivity contribution in [3.8, 4) is 5.75 Å². The Morgan fingerprint density at radius 3 is 2.78 bits per heavy atom. The Morgan fingerprint density at radius 1 is 1.44 bits per heavy atom. The van der Waals surface area contributed by atoms with Crippen LogP contribution in [0.25, 0.3) is 0 Å². The second-order valence-corrected chi connectivity index (χ2v) is 4.25. The van der Waals surface area contributed by atoms with Crippen molar-refractivity contribution in [2.75, 3.05) is 12.4 Å². The van der Waals surface area contributed by atoms with Gasteiger partial charge in [0, 0.05) is 30.5 Å². The largest absolute Gasteiger partial charge is 0.493 e. The average Bonchev–Trinajstić information content (AvgIpc) is 2.28. The Kier molecular flexibility index (Phi) is 3.32. The summed E-state index contributed by atoms with van der Waals surface area (Å²) in [6.07, 6.45) is 1.66. The predicted octanol–water partition coefficient (Wildman–Crippen LogP) is 2.31. The number of Topliss-reactive ketones (excluding diaryl/α,β-unsaturated/α-hetero) is 1. The summed E-state index contributed by atoms with van der Waals surface area (Å²) < 4.78 is 18.8. The maximum Gasteiger partial charge on any atom is 0.221 e. The highest BCUT2D eigenvalue weighted by Crippen LogP contribution is 2.36. The highest BCUT2D eigenvalue weighted by atomic mass is 19.1. The fraction of sp³-hybridized carbons (Fsp3) is 0.385. The van der Waals surface area contributed by atoms with Gasteiger partial charge in [-0.3, -0.25) is 9.59 Å². The van der Waals surface area contributed by atoms with Crippen LogP contribution in [0.15, 0.2) is 6.07 Å². The lowest BCUT2D eigenvalue weighted by atomic mass is 9.88. The molecule has 0 aromatic heterocycles. The fourth-order valence-corrected chi connectivity index (χ4v) is 2.30. The van der Waals surface area contributed by atoms with E-state index in [-0.39, 0.29) is 23.1 Å². The lowest BCUT2D eigenvalue weighted by molar-refractivity contribution is -0.114. The summed E-state index contributed by atoms with van der Waals surface area (Å²) in [6, 6.07) is 1.14. The van der Waals surface area contributed by atoms with Crippen molar-refractivity contribution >= 4 is 17.4 Å². The number of ether oxygens (including phenoxy) is 1. The molecule has 1 aromatic rings. The second-order valence-electron chi connectivity index (χ2n) is 4.25. The Labute approximate surface area is 104 Å². The van der Waals surface area contributed by atoms with E-state index in [4.69, 9.17) is 4.74 Å². The van der Waals surface area contributed by atoms with Crippen molar-refractivity contribution in [1.29, 1.82) is 0 Å². The van der Waals surface area contributed by atoms with Crippen LogP contribution < -0.4 is 10.1 Å². The van der Waals surface area contributed by atoms with Crippen molar-refractivity contribution < 1.29 is 18.7 Å². The number of methoxy groups -OCH3 is 1. The van der Waals surface area contributed by atoms with Gasteiger partial charge >= 0.3 is 0 Å². The molecule has 1 aliphatic rings. The summed E-state index contributed by atoms with van der Waals surface area (Å²) in [5.74, 6) is -0.875. The molecule has 1 amide bonds. The second kappa shape index (κ2) is 4.76. The molecule has 0 spiro atoms. The highest BCUT2D eigenvalue weighted by molar-refractivity contribution is 6.07. The van der Waals surface area contributed by atoms with Crippen molar-refractivity contribution in [2.24, 2.45) is 0 Å². The molecule has 5 heteroatoms. The van der Waals surface area contributed by atoms with Gasteiger partial charge in [0.05, 0.1) is 12.8 Å². The summed E-state index contributed by atoms with van der Waals surface area (Å²) in [7, 11) is 1.37. The Hall–Kier alpha value is -1.91. The topological polar surface area (TPSA) is 55.4 Å². The number of halogens is 1. The van der Waals surface area contributed by atoms with E-state index < -0.39 is 5.82 Å². The molecule has 0 atom stereocenters. The van der Waals surface area contributed by atoms with Gasteiger partial charge in [-0.1, -0.05) is 0 Å². The molecule has 0 saturated carbocycles. The molecule has 0 radical (unpaired) electrons. The van der Waals surface area contributed by atoms with E-state index in [0.29, 0.717) is 30.4 Å². The van der Waals surface area contributed by atoms with Gasteiger partial charge in [0.2, 0.25) is 5.91 Å². The van der Waals surface area contributed by atoms with Crippen LogP contribution >= 0.6 is 0 Å². The number of carbonyl (C=O) groups excluding carboxylic acids is 2. The van der Waals surface area contributed by atoms with Gasteiger partial charge in [0.25, 0.3) is 0 Å². The summed E-state index contributed by atoms with van der Waals surface area (Å²) in [6.45, 7) is 1.32. The summed E-state index contributed by atoms with van der Waals surface area (Å²) in [5, 5.41) is 2.50. The number of carbonyl (C=O) groups is 2. The number of amides is 1. The summed E-state index contributed by atoms with van der Waals surface area (Å²) >= 11 is 0. The number of hydrogen-bond acceptors (Lipinski definition) is 3. The van der Waals surface area contributed by atoms with Gasteiger partial charge in [-0.05, 0) is 12.8 Å². The molecular weight excluding hydrogens is 237 g/mol. The zero-order valence-electron chi connectivity index (χ0n) is 10.3. The van der Waals surface area contributed by atoms with Crippen LogP contribution in [0.4, 0.5) is 10.1 Å². The SMILES string of the molecule is COc1c(F)cc(NC(C)=O)c2c1CCCC2=O. The molecule has 96 valence electrons. The summed E-state index contributed by atoms with van der Waals surface area (Å²) in [5.41, 5.74) is 1.17. The predicted molar refractivity (Wildman–Crippen MR) is 64.5 cm³/mol. The molecule has 0 fully saturated rings. The van der Waals surface area contributed by atoms with Crippen LogP contribution in [0.1, 0.15) is 35.7 Å². The van der Waals surface area contributed by atoms with Crippen molar-refractivity contribution in [3.63, 3.8) is 0 Å². The zero-order chi connectivity index (χ0) is 13.3. The minimum Gasteiger partial charge on any atom is -0.493 e. The van der Waals surface area contributed by atoms with Crippen molar-refractivity contribution in [3.05, 3.63) is 23.0 Å². The molecule has 4 nitrogen and oxygen atoms in total. The van der Waals surface area contributed by atoms with E-state index in [1.54, 1.807) is 0 Å². The molecule has 0 saturated heterocycles. The number of anilines is 1. The van der Waals surface area contributed by atoms with Crippen LogP contribution in [0, 0.1) is 5.82 Å². The third kappa shape index (κ3) is 2.08. The van der Waals surface area contributed by atoms with E-state index in [0.717, 1.165) is 6.07 Å². The molecule has 0 bridgehead atoms. The molecule has 0 unspecified atom stereocenters. The quantitative estimate of drug-likeness (QED) is 0.877. The first kappa shape index (κ1) is 12.5. The minimum atomic E-state index is -0.560. The zero-order valence-corrected chi connectivity index (χ0v) is 10.3. The lowest BCUT2D eigenvalue weighted by Gasteiger charge is -2.21.